The Labute approximate surface area is 159 Å². The molecular weight excluding hydrogens is 322 g/mol. The topological polar surface area (TPSA) is 38.9 Å². The van der Waals surface area contributed by atoms with Gasteiger partial charge in [-0.3, -0.25) is 0 Å². The van der Waals surface area contributed by atoms with Crippen molar-refractivity contribution in [3.8, 4) is 0 Å². The van der Waals surface area contributed by atoms with Crippen LogP contribution >= 0.6 is 0 Å². The molecule has 26 heavy (non-hydrogen) atoms. The van der Waals surface area contributed by atoms with Crippen molar-refractivity contribution in [1.29, 1.82) is 0 Å². The Hall–Kier alpha value is -1.62. The molecule has 0 fully saturated rings. The fourth-order valence-corrected chi connectivity index (χ4v) is 3.35. The molecule has 0 amide bonds. The van der Waals surface area contributed by atoms with Gasteiger partial charge in [0.25, 0.3) is 0 Å². The smallest absolute Gasteiger partial charge is 0.108 e. The molecule has 0 saturated carbocycles. The summed E-state index contributed by atoms with van der Waals surface area (Å²) >= 11 is 0. The lowest BCUT2D eigenvalue weighted by molar-refractivity contribution is 0.308. The summed E-state index contributed by atoms with van der Waals surface area (Å²) in [5.74, 6) is 2.49. The SMILES string of the molecule is CCCCc1nccn1CCCN(C)CCCn1ccnc1CCCC. The molecule has 5 nitrogen and oxygen atoms in total. The maximum atomic E-state index is 4.50. The van der Waals surface area contributed by atoms with E-state index < -0.39 is 0 Å². The van der Waals surface area contributed by atoms with E-state index in [1.54, 1.807) is 0 Å². The molecule has 0 atom stereocenters. The van der Waals surface area contributed by atoms with Crippen LogP contribution in [0, 0.1) is 0 Å². The van der Waals surface area contributed by atoms with Gasteiger partial charge in [-0.05, 0) is 45.8 Å². The number of aryl methyl sites for hydroxylation is 4. The van der Waals surface area contributed by atoms with Crippen LogP contribution in [0.5, 0.6) is 0 Å². The molecule has 0 aliphatic heterocycles. The predicted molar refractivity (Wildman–Crippen MR) is 108 cm³/mol. The predicted octanol–water partition coefficient (Wildman–Crippen LogP) is 4.18. The average molecular weight is 360 g/mol. The standard InChI is InChI=1S/C21H37N5/c1-4-6-10-20-22-12-18-25(20)16-8-14-24(3)15-9-17-26-19-13-23-21(26)11-7-5-2/h12-13,18-19H,4-11,14-17H2,1-3H3. The van der Waals surface area contributed by atoms with Gasteiger partial charge in [0, 0.05) is 50.7 Å². The van der Waals surface area contributed by atoms with Gasteiger partial charge in [-0.2, -0.15) is 0 Å². The monoisotopic (exact) mass is 359 g/mol. The van der Waals surface area contributed by atoms with Gasteiger partial charge in [-0.15, -0.1) is 0 Å². The summed E-state index contributed by atoms with van der Waals surface area (Å²) in [7, 11) is 2.23. The number of aromatic nitrogens is 4. The van der Waals surface area contributed by atoms with E-state index in [9.17, 15) is 0 Å². The van der Waals surface area contributed by atoms with Crippen LogP contribution in [0.2, 0.25) is 0 Å². The van der Waals surface area contributed by atoms with Crippen LogP contribution in [0.3, 0.4) is 0 Å². The summed E-state index contributed by atoms with van der Waals surface area (Å²) in [6, 6.07) is 0. The first-order chi connectivity index (χ1) is 12.7. The molecule has 2 aromatic heterocycles. The normalized spacial score (nSPS) is 11.5. The van der Waals surface area contributed by atoms with Gasteiger partial charge < -0.3 is 14.0 Å². The molecule has 2 rings (SSSR count). The Bertz CT molecular complexity index is 549. The van der Waals surface area contributed by atoms with Crippen molar-refractivity contribution < 1.29 is 0 Å². The number of imidazole rings is 2. The molecule has 0 aliphatic rings. The van der Waals surface area contributed by atoms with E-state index in [2.05, 4.69) is 57.3 Å². The summed E-state index contributed by atoms with van der Waals surface area (Å²) in [6.07, 6.45) is 17.6. The Morgan fingerprint density at radius 3 is 1.65 bits per heavy atom. The van der Waals surface area contributed by atoms with Gasteiger partial charge in [0.1, 0.15) is 11.6 Å². The molecular formula is C21H37N5. The van der Waals surface area contributed by atoms with Crippen LogP contribution in [0.1, 0.15) is 64.0 Å². The lowest BCUT2D eigenvalue weighted by Crippen LogP contribution is -2.23. The van der Waals surface area contributed by atoms with Crippen LogP contribution in [-0.2, 0) is 25.9 Å². The molecule has 0 saturated heterocycles. The highest BCUT2D eigenvalue weighted by atomic mass is 15.1. The highest BCUT2D eigenvalue weighted by Gasteiger charge is 2.05. The second kappa shape index (κ2) is 11.9. The van der Waals surface area contributed by atoms with E-state index in [0.717, 1.165) is 39.0 Å². The first-order valence-electron chi connectivity index (χ1n) is 10.4. The minimum Gasteiger partial charge on any atom is -0.335 e. The van der Waals surface area contributed by atoms with Crippen LogP contribution in [0.15, 0.2) is 24.8 Å². The third kappa shape index (κ3) is 6.94. The van der Waals surface area contributed by atoms with Crippen LogP contribution in [0.25, 0.3) is 0 Å². The number of rotatable bonds is 14. The number of unbranched alkanes of at least 4 members (excludes halogenated alkanes) is 2. The van der Waals surface area contributed by atoms with E-state index in [1.165, 1.54) is 50.2 Å². The zero-order valence-electron chi connectivity index (χ0n) is 17.0. The quantitative estimate of drug-likeness (QED) is 0.508. The second-order valence-electron chi connectivity index (χ2n) is 7.29. The van der Waals surface area contributed by atoms with Crippen molar-refractivity contribution in [3.05, 3.63) is 36.4 Å². The summed E-state index contributed by atoms with van der Waals surface area (Å²) in [6.45, 7) is 8.89. The van der Waals surface area contributed by atoms with Crippen molar-refractivity contribution in [2.75, 3.05) is 20.1 Å². The molecule has 0 N–H and O–H groups in total. The minimum absolute atomic E-state index is 1.08. The minimum atomic E-state index is 1.08. The van der Waals surface area contributed by atoms with Crippen molar-refractivity contribution in [2.24, 2.45) is 0 Å². The number of hydrogen-bond donors (Lipinski definition) is 0. The summed E-state index contributed by atoms with van der Waals surface area (Å²) in [5, 5.41) is 0. The number of hydrogen-bond acceptors (Lipinski definition) is 3. The van der Waals surface area contributed by atoms with Crippen LogP contribution < -0.4 is 0 Å². The van der Waals surface area contributed by atoms with E-state index >= 15 is 0 Å². The third-order valence-corrected chi connectivity index (χ3v) is 4.99. The van der Waals surface area contributed by atoms with Gasteiger partial charge in [0.05, 0.1) is 0 Å². The van der Waals surface area contributed by atoms with Gasteiger partial charge in [-0.1, -0.05) is 26.7 Å². The van der Waals surface area contributed by atoms with E-state index in [-0.39, 0.29) is 0 Å². The molecule has 0 aromatic carbocycles. The van der Waals surface area contributed by atoms with Gasteiger partial charge in [0.15, 0.2) is 0 Å². The molecule has 146 valence electrons. The lowest BCUT2D eigenvalue weighted by Gasteiger charge is -2.17. The largest absolute Gasteiger partial charge is 0.335 e. The van der Waals surface area contributed by atoms with Gasteiger partial charge in [-0.25, -0.2) is 9.97 Å². The van der Waals surface area contributed by atoms with Crippen molar-refractivity contribution in [2.45, 2.75) is 78.3 Å². The molecule has 0 bridgehead atoms. The molecule has 2 heterocycles. The lowest BCUT2D eigenvalue weighted by atomic mass is 10.2. The molecule has 0 unspecified atom stereocenters. The van der Waals surface area contributed by atoms with E-state index in [1.807, 2.05) is 12.4 Å². The zero-order valence-corrected chi connectivity index (χ0v) is 17.0. The van der Waals surface area contributed by atoms with Crippen molar-refractivity contribution >= 4 is 0 Å². The first kappa shape index (κ1) is 20.7. The highest BCUT2D eigenvalue weighted by Crippen LogP contribution is 2.07. The van der Waals surface area contributed by atoms with E-state index in [0.29, 0.717) is 0 Å². The Morgan fingerprint density at radius 2 is 1.23 bits per heavy atom. The summed E-state index contributed by atoms with van der Waals surface area (Å²) in [4.78, 5) is 11.4. The fraction of sp³-hybridized carbons (Fsp3) is 0.714. The summed E-state index contributed by atoms with van der Waals surface area (Å²) < 4.78 is 4.66. The van der Waals surface area contributed by atoms with Crippen LogP contribution in [0.4, 0.5) is 0 Å². The molecule has 5 heteroatoms. The zero-order chi connectivity index (χ0) is 18.6. The number of nitrogens with zero attached hydrogens (tertiary/aromatic N) is 5. The Balaban J connectivity index is 1.63. The van der Waals surface area contributed by atoms with Gasteiger partial charge in [0.2, 0.25) is 0 Å². The van der Waals surface area contributed by atoms with Crippen LogP contribution in [-0.4, -0.2) is 44.1 Å². The summed E-state index contributed by atoms with van der Waals surface area (Å²) in [5.41, 5.74) is 0. The highest BCUT2D eigenvalue weighted by molar-refractivity contribution is 4.93. The third-order valence-electron chi connectivity index (χ3n) is 4.99. The fourth-order valence-electron chi connectivity index (χ4n) is 3.35. The Morgan fingerprint density at radius 1 is 0.769 bits per heavy atom. The van der Waals surface area contributed by atoms with E-state index in [4.69, 9.17) is 0 Å². The van der Waals surface area contributed by atoms with Crippen molar-refractivity contribution in [1.82, 2.24) is 24.0 Å². The average Bonchev–Trinajstić information content (AvgIpc) is 3.27. The first-order valence-corrected chi connectivity index (χ1v) is 10.4. The molecule has 2 aromatic rings. The van der Waals surface area contributed by atoms with Gasteiger partial charge >= 0.3 is 0 Å². The van der Waals surface area contributed by atoms with Crippen molar-refractivity contribution in [3.63, 3.8) is 0 Å². The molecule has 0 radical (unpaired) electrons. The Kier molecular flexibility index (Phi) is 9.46. The maximum absolute atomic E-state index is 4.50. The molecule has 0 spiro atoms. The molecule has 0 aliphatic carbocycles. The maximum Gasteiger partial charge on any atom is 0.108 e. The second-order valence-corrected chi connectivity index (χ2v) is 7.29.